The number of aldehydes is 1. The van der Waals surface area contributed by atoms with Crippen LogP contribution in [0.4, 0.5) is 0 Å². The summed E-state index contributed by atoms with van der Waals surface area (Å²) in [5.74, 6) is 1.07. The van der Waals surface area contributed by atoms with E-state index >= 15 is 0 Å². The summed E-state index contributed by atoms with van der Waals surface area (Å²) >= 11 is 6.03. The third-order valence-corrected chi connectivity index (χ3v) is 2.97. The molecule has 0 aliphatic heterocycles. The predicted octanol–water partition coefficient (Wildman–Crippen LogP) is 4.51. The largest absolute Gasteiger partial charge is 0.455 e. The van der Waals surface area contributed by atoms with Crippen LogP contribution in [-0.4, -0.2) is 6.29 Å². The predicted molar refractivity (Wildman–Crippen MR) is 72.7 cm³/mol. The second-order valence-electron chi connectivity index (χ2n) is 3.88. The lowest BCUT2D eigenvalue weighted by atomic mass is 10.2. The Bertz CT molecular complexity index is 547. The number of rotatable bonds is 4. The van der Waals surface area contributed by atoms with Crippen LogP contribution >= 0.6 is 11.6 Å². The van der Waals surface area contributed by atoms with Gasteiger partial charge in [0.25, 0.3) is 0 Å². The number of benzene rings is 2. The van der Waals surface area contributed by atoms with Crippen LogP contribution in [0.25, 0.3) is 0 Å². The van der Waals surface area contributed by atoms with E-state index in [0.717, 1.165) is 12.7 Å². The molecule has 0 aromatic heterocycles. The number of carbonyl (C=O) groups is 1. The third kappa shape index (κ3) is 2.71. The van der Waals surface area contributed by atoms with Crippen LogP contribution in [0.15, 0.2) is 42.5 Å². The van der Waals surface area contributed by atoms with Gasteiger partial charge in [-0.25, -0.2) is 0 Å². The van der Waals surface area contributed by atoms with Gasteiger partial charge in [-0.15, -0.1) is 0 Å². The Morgan fingerprint density at radius 1 is 1.17 bits per heavy atom. The van der Waals surface area contributed by atoms with Crippen molar-refractivity contribution in [3.63, 3.8) is 0 Å². The summed E-state index contributed by atoms with van der Waals surface area (Å²) in [6, 6.07) is 12.8. The molecule has 0 saturated heterocycles. The SMILES string of the molecule is CCc1ccc(Oc2c(Cl)cccc2C=O)cc1. The van der Waals surface area contributed by atoms with Crippen LogP contribution < -0.4 is 4.74 Å². The zero-order valence-electron chi connectivity index (χ0n) is 10.0. The fourth-order valence-corrected chi connectivity index (χ4v) is 1.86. The number of hydrogen-bond acceptors (Lipinski definition) is 2. The van der Waals surface area contributed by atoms with E-state index in [1.54, 1.807) is 18.2 Å². The number of carbonyl (C=O) groups excluding carboxylic acids is 1. The van der Waals surface area contributed by atoms with E-state index in [9.17, 15) is 4.79 Å². The van der Waals surface area contributed by atoms with E-state index < -0.39 is 0 Å². The van der Waals surface area contributed by atoms with Crippen molar-refractivity contribution in [2.45, 2.75) is 13.3 Å². The molecule has 2 aromatic carbocycles. The van der Waals surface area contributed by atoms with Crippen LogP contribution in [0, 0.1) is 0 Å². The van der Waals surface area contributed by atoms with Gasteiger partial charge in [-0.3, -0.25) is 4.79 Å². The summed E-state index contributed by atoms with van der Waals surface area (Å²) in [7, 11) is 0. The number of halogens is 1. The van der Waals surface area contributed by atoms with Gasteiger partial charge in [0.15, 0.2) is 12.0 Å². The molecule has 3 heteroatoms. The van der Waals surface area contributed by atoms with E-state index in [2.05, 4.69) is 6.92 Å². The Morgan fingerprint density at radius 2 is 1.89 bits per heavy atom. The van der Waals surface area contributed by atoms with Gasteiger partial charge in [-0.2, -0.15) is 0 Å². The van der Waals surface area contributed by atoms with Gasteiger partial charge in [-0.1, -0.05) is 36.7 Å². The normalized spacial score (nSPS) is 10.1. The highest BCUT2D eigenvalue weighted by Crippen LogP contribution is 2.32. The molecule has 0 bridgehead atoms. The summed E-state index contributed by atoms with van der Waals surface area (Å²) in [6.07, 6.45) is 1.72. The van der Waals surface area contributed by atoms with Gasteiger partial charge in [0.05, 0.1) is 10.6 Å². The van der Waals surface area contributed by atoms with Crippen LogP contribution in [0.3, 0.4) is 0 Å². The summed E-state index contributed by atoms with van der Waals surface area (Å²) in [5.41, 5.74) is 1.68. The zero-order chi connectivity index (χ0) is 13.0. The topological polar surface area (TPSA) is 26.3 Å². The van der Waals surface area contributed by atoms with Crippen molar-refractivity contribution in [1.29, 1.82) is 0 Å². The fraction of sp³-hybridized carbons (Fsp3) is 0.133. The third-order valence-electron chi connectivity index (χ3n) is 2.68. The lowest BCUT2D eigenvalue weighted by Gasteiger charge is -2.10. The summed E-state index contributed by atoms with van der Waals surface area (Å²) < 4.78 is 5.67. The maximum Gasteiger partial charge on any atom is 0.156 e. The maximum atomic E-state index is 10.9. The van der Waals surface area contributed by atoms with Gasteiger partial charge in [0.1, 0.15) is 5.75 Å². The van der Waals surface area contributed by atoms with Crippen LogP contribution in [0.2, 0.25) is 5.02 Å². The molecular weight excluding hydrogens is 248 g/mol. The van der Waals surface area contributed by atoms with Crippen molar-refractivity contribution in [1.82, 2.24) is 0 Å². The molecule has 0 aliphatic carbocycles. The van der Waals surface area contributed by atoms with Crippen molar-refractivity contribution < 1.29 is 9.53 Å². The fourth-order valence-electron chi connectivity index (χ4n) is 1.64. The highest BCUT2D eigenvalue weighted by atomic mass is 35.5. The molecule has 0 N–H and O–H groups in total. The number of ether oxygens (including phenoxy) is 1. The Labute approximate surface area is 111 Å². The number of hydrogen-bond donors (Lipinski definition) is 0. The number of aryl methyl sites for hydroxylation is 1. The second-order valence-corrected chi connectivity index (χ2v) is 4.28. The monoisotopic (exact) mass is 260 g/mol. The Balaban J connectivity index is 2.30. The standard InChI is InChI=1S/C15H13ClO2/c1-2-11-6-8-13(9-7-11)18-15-12(10-17)4-3-5-14(15)16/h3-10H,2H2,1H3. The van der Waals surface area contributed by atoms with Gasteiger partial charge < -0.3 is 4.74 Å². The molecular formula is C15H13ClO2. The molecule has 2 nitrogen and oxygen atoms in total. The average Bonchev–Trinajstić information content (AvgIpc) is 2.42. The highest BCUT2D eigenvalue weighted by Gasteiger charge is 2.08. The zero-order valence-corrected chi connectivity index (χ0v) is 10.8. The molecule has 0 heterocycles. The Kier molecular flexibility index (Phi) is 4.00. The molecule has 18 heavy (non-hydrogen) atoms. The second kappa shape index (κ2) is 5.69. The molecule has 0 radical (unpaired) electrons. The lowest BCUT2D eigenvalue weighted by molar-refractivity contribution is 0.112. The molecule has 2 rings (SSSR count). The van der Waals surface area contributed by atoms with Crippen LogP contribution in [0.1, 0.15) is 22.8 Å². The molecule has 0 saturated carbocycles. The van der Waals surface area contributed by atoms with Gasteiger partial charge >= 0.3 is 0 Å². The smallest absolute Gasteiger partial charge is 0.156 e. The first-order valence-electron chi connectivity index (χ1n) is 5.75. The first-order chi connectivity index (χ1) is 8.74. The van der Waals surface area contributed by atoms with Gasteiger partial charge in [0, 0.05) is 0 Å². The first kappa shape index (κ1) is 12.7. The molecule has 92 valence electrons. The maximum absolute atomic E-state index is 10.9. The highest BCUT2D eigenvalue weighted by molar-refractivity contribution is 6.32. The molecule has 0 amide bonds. The summed E-state index contributed by atoms with van der Waals surface area (Å²) in [6.45, 7) is 2.09. The van der Waals surface area contributed by atoms with Crippen molar-refractivity contribution in [3.05, 3.63) is 58.6 Å². The Morgan fingerprint density at radius 3 is 2.50 bits per heavy atom. The number of para-hydroxylation sites is 1. The van der Waals surface area contributed by atoms with Crippen molar-refractivity contribution in [2.24, 2.45) is 0 Å². The minimum atomic E-state index is 0.401. The van der Waals surface area contributed by atoms with Crippen molar-refractivity contribution in [3.8, 4) is 11.5 Å². The van der Waals surface area contributed by atoms with Crippen LogP contribution in [0.5, 0.6) is 11.5 Å². The van der Waals surface area contributed by atoms with E-state index in [-0.39, 0.29) is 0 Å². The van der Waals surface area contributed by atoms with Gasteiger partial charge in [0.2, 0.25) is 0 Å². The lowest BCUT2D eigenvalue weighted by Crippen LogP contribution is -1.91. The molecule has 0 aliphatic rings. The first-order valence-corrected chi connectivity index (χ1v) is 6.13. The van der Waals surface area contributed by atoms with E-state index in [4.69, 9.17) is 16.3 Å². The molecule has 0 fully saturated rings. The van der Waals surface area contributed by atoms with E-state index in [1.807, 2.05) is 24.3 Å². The van der Waals surface area contributed by atoms with Crippen LogP contribution in [-0.2, 0) is 6.42 Å². The van der Waals surface area contributed by atoms with Crippen molar-refractivity contribution in [2.75, 3.05) is 0 Å². The Hall–Kier alpha value is -1.80. The minimum absolute atomic E-state index is 0.401. The molecule has 2 aromatic rings. The summed E-state index contributed by atoms with van der Waals surface area (Å²) in [4.78, 5) is 10.9. The molecule has 0 atom stereocenters. The van der Waals surface area contributed by atoms with E-state index in [1.165, 1.54) is 5.56 Å². The minimum Gasteiger partial charge on any atom is -0.455 e. The van der Waals surface area contributed by atoms with Gasteiger partial charge in [-0.05, 0) is 36.2 Å². The van der Waals surface area contributed by atoms with Crippen molar-refractivity contribution >= 4 is 17.9 Å². The van der Waals surface area contributed by atoms with E-state index in [0.29, 0.717) is 22.1 Å². The quantitative estimate of drug-likeness (QED) is 0.756. The average molecular weight is 261 g/mol. The molecule has 0 unspecified atom stereocenters. The summed E-state index contributed by atoms with van der Waals surface area (Å²) in [5, 5.41) is 0.430. The molecule has 0 spiro atoms.